The van der Waals surface area contributed by atoms with Crippen molar-refractivity contribution in [3.63, 3.8) is 0 Å². The van der Waals surface area contributed by atoms with Gasteiger partial charge in [0.2, 0.25) is 5.91 Å². The van der Waals surface area contributed by atoms with Crippen LogP contribution in [0.4, 0.5) is 8.78 Å². The van der Waals surface area contributed by atoms with Crippen LogP contribution in [0.15, 0.2) is 60.7 Å². The van der Waals surface area contributed by atoms with Crippen molar-refractivity contribution in [3.8, 4) is 17.0 Å². The highest BCUT2D eigenvalue weighted by Crippen LogP contribution is 2.33. The zero-order valence-corrected chi connectivity index (χ0v) is 20.4. The van der Waals surface area contributed by atoms with Crippen LogP contribution in [0.5, 0.6) is 5.75 Å². The molecule has 0 radical (unpaired) electrons. The minimum absolute atomic E-state index is 0.128. The highest BCUT2D eigenvalue weighted by Gasteiger charge is 2.29. The minimum Gasteiger partial charge on any atom is -0.484 e. The van der Waals surface area contributed by atoms with Crippen LogP contribution in [-0.2, 0) is 4.79 Å². The molecule has 182 valence electrons. The van der Waals surface area contributed by atoms with Gasteiger partial charge in [-0.25, -0.2) is 8.78 Å². The number of carbonyl (C=O) groups excluding carboxylic acids is 1. The molecule has 1 amide bonds. The molecule has 0 spiro atoms. The van der Waals surface area contributed by atoms with E-state index in [0.29, 0.717) is 22.6 Å². The second-order valence-corrected chi connectivity index (χ2v) is 9.79. The fourth-order valence-corrected chi connectivity index (χ4v) is 3.91. The quantitative estimate of drug-likeness (QED) is 0.334. The molecule has 0 saturated heterocycles. The van der Waals surface area contributed by atoms with Gasteiger partial charge < -0.3 is 10.1 Å². The summed E-state index contributed by atoms with van der Waals surface area (Å²) in [5.74, 6) is -0.254. The van der Waals surface area contributed by atoms with Crippen molar-refractivity contribution >= 4 is 16.8 Å². The average molecular weight is 478 g/mol. The zero-order valence-electron chi connectivity index (χ0n) is 20.4. The van der Waals surface area contributed by atoms with E-state index in [0.717, 1.165) is 16.5 Å². The standard InChI is InChI=1S/C28H29F2N3O2/c1-16-21(7-6-8-23(16)30)26(17(2)31-27(34)28(3,4)5)35-20-13-14-24-22(15-20)25(33-32-24)18-9-11-19(29)12-10-18/h6-15,17,26H,1-5H3,(H,31,34)(H,32,33)/t17-,26-/m0/s1. The SMILES string of the molecule is Cc1c(F)cccc1[C@@H](Oc1ccc2[nH]nc(-c3ccc(F)cc3)c2c1)[C@H](C)NC(=O)C(C)(C)C. The highest BCUT2D eigenvalue weighted by molar-refractivity contribution is 5.93. The Labute approximate surface area is 203 Å². The van der Waals surface area contributed by atoms with Crippen LogP contribution in [0, 0.1) is 24.0 Å². The lowest BCUT2D eigenvalue weighted by atomic mass is 9.93. The molecule has 0 saturated carbocycles. The number of halogens is 2. The third-order valence-corrected chi connectivity index (χ3v) is 6.03. The molecule has 4 aromatic rings. The lowest BCUT2D eigenvalue weighted by Gasteiger charge is -2.30. The maximum Gasteiger partial charge on any atom is 0.225 e. The smallest absolute Gasteiger partial charge is 0.225 e. The van der Waals surface area contributed by atoms with E-state index >= 15 is 0 Å². The van der Waals surface area contributed by atoms with Crippen LogP contribution in [0.3, 0.4) is 0 Å². The fourth-order valence-electron chi connectivity index (χ4n) is 3.91. The third kappa shape index (κ3) is 5.19. The first-order valence-electron chi connectivity index (χ1n) is 11.5. The first-order chi connectivity index (χ1) is 16.5. The van der Waals surface area contributed by atoms with Gasteiger partial charge in [-0.2, -0.15) is 5.10 Å². The van der Waals surface area contributed by atoms with Crippen molar-refractivity contribution in [2.45, 2.75) is 46.8 Å². The summed E-state index contributed by atoms with van der Waals surface area (Å²) in [5.41, 5.74) is 2.75. The molecule has 1 aromatic heterocycles. The van der Waals surface area contributed by atoms with E-state index in [2.05, 4.69) is 15.5 Å². The summed E-state index contributed by atoms with van der Waals surface area (Å²) in [5, 5.41) is 11.2. The number of aromatic amines is 1. The summed E-state index contributed by atoms with van der Waals surface area (Å²) in [6, 6.07) is 16.0. The molecule has 0 unspecified atom stereocenters. The van der Waals surface area contributed by atoms with E-state index in [1.165, 1.54) is 18.2 Å². The van der Waals surface area contributed by atoms with E-state index in [4.69, 9.17) is 4.74 Å². The summed E-state index contributed by atoms with van der Waals surface area (Å²) in [7, 11) is 0. The number of hydrogen-bond acceptors (Lipinski definition) is 3. The number of rotatable bonds is 6. The Balaban J connectivity index is 1.72. The Hall–Kier alpha value is -3.74. The molecule has 7 heteroatoms. The molecule has 1 heterocycles. The fraction of sp³-hybridized carbons (Fsp3) is 0.286. The van der Waals surface area contributed by atoms with Gasteiger partial charge in [0.15, 0.2) is 0 Å². The normalized spacial score (nSPS) is 13.5. The number of ether oxygens (including phenoxy) is 1. The minimum atomic E-state index is -0.643. The van der Waals surface area contributed by atoms with Gasteiger partial charge in [-0.1, -0.05) is 32.9 Å². The molecule has 35 heavy (non-hydrogen) atoms. The van der Waals surface area contributed by atoms with E-state index in [1.54, 1.807) is 31.2 Å². The number of nitrogens with one attached hydrogen (secondary N) is 2. The zero-order chi connectivity index (χ0) is 25.3. The van der Waals surface area contributed by atoms with Crippen LogP contribution in [0.25, 0.3) is 22.2 Å². The van der Waals surface area contributed by atoms with Crippen molar-refractivity contribution in [3.05, 3.63) is 83.4 Å². The van der Waals surface area contributed by atoms with Crippen LogP contribution < -0.4 is 10.1 Å². The van der Waals surface area contributed by atoms with Gasteiger partial charge in [-0.15, -0.1) is 0 Å². The Morgan fingerprint density at radius 2 is 1.77 bits per heavy atom. The average Bonchev–Trinajstić information content (AvgIpc) is 3.22. The summed E-state index contributed by atoms with van der Waals surface area (Å²) in [6.07, 6.45) is -0.643. The predicted molar refractivity (Wildman–Crippen MR) is 133 cm³/mol. The van der Waals surface area contributed by atoms with Crippen LogP contribution >= 0.6 is 0 Å². The number of amides is 1. The highest BCUT2D eigenvalue weighted by atomic mass is 19.1. The molecule has 0 fully saturated rings. The lowest BCUT2D eigenvalue weighted by Crippen LogP contribution is -2.44. The van der Waals surface area contributed by atoms with Gasteiger partial charge in [0.25, 0.3) is 0 Å². The predicted octanol–water partition coefficient (Wildman–Crippen LogP) is 6.49. The first kappa shape index (κ1) is 24.4. The Kier molecular flexibility index (Phi) is 6.61. The summed E-state index contributed by atoms with van der Waals surface area (Å²) in [4.78, 5) is 12.7. The monoisotopic (exact) mass is 477 g/mol. The first-order valence-corrected chi connectivity index (χ1v) is 11.5. The maximum absolute atomic E-state index is 14.4. The number of carbonyl (C=O) groups is 1. The second kappa shape index (κ2) is 9.49. The molecule has 3 aromatic carbocycles. The Bertz CT molecular complexity index is 1360. The van der Waals surface area contributed by atoms with Crippen molar-refractivity contribution < 1.29 is 18.3 Å². The van der Waals surface area contributed by atoms with Crippen molar-refractivity contribution in [2.24, 2.45) is 5.41 Å². The number of aromatic nitrogens is 2. The molecular weight excluding hydrogens is 448 g/mol. The molecule has 0 aliphatic heterocycles. The Morgan fingerprint density at radius 1 is 1.06 bits per heavy atom. The molecule has 0 aliphatic carbocycles. The largest absolute Gasteiger partial charge is 0.484 e. The van der Waals surface area contributed by atoms with E-state index in [1.807, 2.05) is 45.9 Å². The second-order valence-electron chi connectivity index (χ2n) is 9.79. The van der Waals surface area contributed by atoms with Crippen molar-refractivity contribution in [1.82, 2.24) is 15.5 Å². The Morgan fingerprint density at radius 3 is 2.46 bits per heavy atom. The van der Waals surface area contributed by atoms with Gasteiger partial charge in [-0.05, 0) is 67.9 Å². The van der Waals surface area contributed by atoms with E-state index < -0.39 is 17.6 Å². The summed E-state index contributed by atoms with van der Waals surface area (Å²) >= 11 is 0. The molecule has 2 atom stereocenters. The maximum atomic E-state index is 14.4. The van der Waals surface area contributed by atoms with E-state index in [9.17, 15) is 13.6 Å². The van der Waals surface area contributed by atoms with Crippen LogP contribution in [0.2, 0.25) is 0 Å². The molecule has 0 aliphatic rings. The molecule has 5 nitrogen and oxygen atoms in total. The number of nitrogens with zero attached hydrogens (tertiary/aromatic N) is 1. The molecular formula is C28H29F2N3O2. The van der Waals surface area contributed by atoms with Gasteiger partial charge in [0.05, 0.1) is 11.6 Å². The lowest BCUT2D eigenvalue weighted by molar-refractivity contribution is -0.129. The van der Waals surface area contributed by atoms with Gasteiger partial charge in [-0.3, -0.25) is 9.89 Å². The van der Waals surface area contributed by atoms with E-state index in [-0.39, 0.29) is 17.5 Å². The third-order valence-electron chi connectivity index (χ3n) is 6.03. The molecule has 2 N–H and O–H groups in total. The van der Waals surface area contributed by atoms with Crippen molar-refractivity contribution in [2.75, 3.05) is 0 Å². The topological polar surface area (TPSA) is 67.0 Å². The molecule has 4 rings (SSSR count). The van der Waals surface area contributed by atoms with Crippen LogP contribution in [0.1, 0.15) is 44.9 Å². The number of benzene rings is 3. The van der Waals surface area contributed by atoms with Crippen molar-refractivity contribution in [1.29, 1.82) is 0 Å². The summed E-state index contributed by atoms with van der Waals surface area (Å²) < 4.78 is 34.3. The van der Waals surface area contributed by atoms with Gasteiger partial charge in [0, 0.05) is 21.9 Å². The van der Waals surface area contributed by atoms with Gasteiger partial charge >= 0.3 is 0 Å². The van der Waals surface area contributed by atoms with Crippen LogP contribution in [-0.4, -0.2) is 22.1 Å². The number of fused-ring (bicyclic) bond motifs is 1. The summed E-state index contributed by atoms with van der Waals surface area (Å²) in [6.45, 7) is 9.05. The number of hydrogen-bond donors (Lipinski definition) is 2. The number of H-pyrrole nitrogens is 1. The molecule has 0 bridgehead atoms. The van der Waals surface area contributed by atoms with Gasteiger partial charge in [0.1, 0.15) is 29.2 Å².